The summed E-state index contributed by atoms with van der Waals surface area (Å²) in [6, 6.07) is 9.59. The minimum Gasteiger partial charge on any atom is -0.479 e. The first-order valence-corrected chi connectivity index (χ1v) is 6.24. The van der Waals surface area contributed by atoms with Crippen molar-refractivity contribution in [1.29, 1.82) is 5.26 Å². The molecule has 0 saturated heterocycles. The van der Waals surface area contributed by atoms with Crippen molar-refractivity contribution in [1.82, 2.24) is 5.32 Å². The van der Waals surface area contributed by atoms with Gasteiger partial charge in [0.15, 0.2) is 6.61 Å². The molecule has 1 fully saturated rings. The second-order valence-electron chi connectivity index (χ2n) is 4.78. The van der Waals surface area contributed by atoms with Gasteiger partial charge in [-0.05, 0) is 37.0 Å². The lowest BCUT2D eigenvalue weighted by molar-refractivity contribution is -0.0314. The van der Waals surface area contributed by atoms with E-state index >= 15 is 0 Å². The second kappa shape index (κ2) is 5.85. The molecule has 0 aromatic heterocycles. The van der Waals surface area contributed by atoms with Crippen LogP contribution < -0.4 is 10.1 Å². The third kappa shape index (κ3) is 3.46. The summed E-state index contributed by atoms with van der Waals surface area (Å²) in [5, 5.41) is 21.6. The van der Waals surface area contributed by atoms with Gasteiger partial charge in [0, 0.05) is 13.1 Å². The van der Waals surface area contributed by atoms with Gasteiger partial charge in [-0.25, -0.2) is 0 Å². The normalized spacial score (nSPS) is 16.7. The maximum Gasteiger partial charge on any atom is 0.174 e. The van der Waals surface area contributed by atoms with Gasteiger partial charge >= 0.3 is 0 Å². The van der Waals surface area contributed by atoms with Crippen molar-refractivity contribution in [3.8, 4) is 11.8 Å². The predicted octanol–water partition coefficient (Wildman–Crippen LogP) is 1.59. The van der Waals surface area contributed by atoms with E-state index in [0.717, 1.165) is 24.8 Å². The first kappa shape index (κ1) is 12.9. The fraction of sp³-hybridized carbons (Fsp3) is 0.500. The summed E-state index contributed by atoms with van der Waals surface area (Å²) in [5.41, 5.74) is 0.600. The molecule has 18 heavy (non-hydrogen) atoms. The van der Waals surface area contributed by atoms with Crippen LogP contribution >= 0.6 is 0 Å². The molecular formula is C14H18N2O2. The molecule has 0 amide bonds. The first-order chi connectivity index (χ1) is 8.72. The van der Waals surface area contributed by atoms with Crippen LogP contribution in [0.3, 0.4) is 0 Å². The van der Waals surface area contributed by atoms with Gasteiger partial charge in [0.05, 0.1) is 5.60 Å². The van der Waals surface area contributed by atoms with Crippen LogP contribution in [-0.2, 0) is 6.54 Å². The Balaban J connectivity index is 1.80. The third-order valence-corrected chi connectivity index (χ3v) is 3.27. The Morgan fingerprint density at radius 2 is 2.28 bits per heavy atom. The SMILES string of the molecule is N#CCOc1cccc(CNCC2(O)CCC2)c1. The maximum atomic E-state index is 9.94. The smallest absolute Gasteiger partial charge is 0.174 e. The Labute approximate surface area is 107 Å². The monoisotopic (exact) mass is 246 g/mol. The fourth-order valence-corrected chi connectivity index (χ4v) is 2.06. The zero-order valence-corrected chi connectivity index (χ0v) is 10.4. The fourth-order valence-electron chi connectivity index (χ4n) is 2.06. The third-order valence-electron chi connectivity index (χ3n) is 3.27. The molecule has 0 spiro atoms. The van der Waals surface area contributed by atoms with E-state index in [1.54, 1.807) is 0 Å². The summed E-state index contributed by atoms with van der Waals surface area (Å²) < 4.78 is 5.24. The lowest BCUT2D eigenvalue weighted by atomic mass is 9.80. The molecule has 0 atom stereocenters. The topological polar surface area (TPSA) is 65.3 Å². The van der Waals surface area contributed by atoms with E-state index in [2.05, 4.69) is 5.32 Å². The summed E-state index contributed by atoms with van der Waals surface area (Å²) in [6.45, 7) is 1.40. The molecule has 0 bridgehead atoms. The average Bonchev–Trinajstić information content (AvgIpc) is 2.35. The molecule has 96 valence electrons. The number of nitrogens with zero attached hydrogens (tertiary/aromatic N) is 1. The Kier molecular flexibility index (Phi) is 4.19. The van der Waals surface area contributed by atoms with Crippen LogP contribution in [0.1, 0.15) is 24.8 Å². The van der Waals surface area contributed by atoms with E-state index < -0.39 is 5.60 Å². The number of rotatable bonds is 6. The molecule has 0 radical (unpaired) electrons. The van der Waals surface area contributed by atoms with Crippen molar-refractivity contribution in [2.45, 2.75) is 31.4 Å². The zero-order chi connectivity index (χ0) is 12.8. The summed E-state index contributed by atoms with van der Waals surface area (Å²) in [5.74, 6) is 0.707. The molecule has 1 aromatic rings. The van der Waals surface area contributed by atoms with Gasteiger partial charge < -0.3 is 15.2 Å². The van der Waals surface area contributed by atoms with Crippen molar-refractivity contribution in [3.05, 3.63) is 29.8 Å². The largest absolute Gasteiger partial charge is 0.479 e. The quantitative estimate of drug-likeness (QED) is 0.800. The van der Waals surface area contributed by atoms with Crippen LogP contribution in [0.25, 0.3) is 0 Å². The minimum atomic E-state index is -0.491. The van der Waals surface area contributed by atoms with Gasteiger partial charge in [0.25, 0.3) is 0 Å². The minimum absolute atomic E-state index is 0.0661. The van der Waals surface area contributed by atoms with E-state index in [1.165, 1.54) is 0 Å². The first-order valence-electron chi connectivity index (χ1n) is 6.24. The summed E-state index contributed by atoms with van der Waals surface area (Å²) in [6.07, 6.45) is 2.91. The highest BCUT2D eigenvalue weighted by Gasteiger charge is 2.33. The van der Waals surface area contributed by atoms with Gasteiger partial charge in [-0.2, -0.15) is 5.26 Å². The van der Waals surface area contributed by atoms with E-state index in [4.69, 9.17) is 10.00 Å². The summed E-state index contributed by atoms with van der Waals surface area (Å²) >= 11 is 0. The van der Waals surface area contributed by atoms with Gasteiger partial charge in [0.1, 0.15) is 11.8 Å². The van der Waals surface area contributed by atoms with Crippen molar-refractivity contribution < 1.29 is 9.84 Å². The average molecular weight is 246 g/mol. The van der Waals surface area contributed by atoms with Gasteiger partial charge in [-0.1, -0.05) is 12.1 Å². The molecule has 4 nitrogen and oxygen atoms in total. The molecule has 1 aliphatic rings. The second-order valence-corrected chi connectivity index (χ2v) is 4.78. The van der Waals surface area contributed by atoms with E-state index in [-0.39, 0.29) is 6.61 Å². The number of hydrogen-bond donors (Lipinski definition) is 2. The predicted molar refractivity (Wildman–Crippen MR) is 68.1 cm³/mol. The molecule has 0 unspecified atom stereocenters. The van der Waals surface area contributed by atoms with Crippen LogP contribution in [0.4, 0.5) is 0 Å². The molecule has 1 aromatic carbocycles. The molecule has 4 heteroatoms. The molecular weight excluding hydrogens is 228 g/mol. The van der Waals surface area contributed by atoms with E-state index in [9.17, 15) is 5.11 Å². The lowest BCUT2D eigenvalue weighted by Crippen LogP contribution is -2.45. The summed E-state index contributed by atoms with van der Waals surface area (Å²) in [4.78, 5) is 0. The number of aliphatic hydroxyl groups is 1. The summed E-state index contributed by atoms with van der Waals surface area (Å²) in [7, 11) is 0. The van der Waals surface area contributed by atoms with Crippen LogP contribution in [-0.4, -0.2) is 23.9 Å². The van der Waals surface area contributed by atoms with Crippen LogP contribution in [0.15, 0.2) is 24.3 Å². The number of ether oxygens (including phenoxy) is 1. The Morgan fingerprint density at radius 3 is 2.94 bits per heavy atom. The van der Waals surface area contributed by atoms with Crippen molar-refractivity contribution in [3.63, 3.8) is 0 Å². The molecule has 2 rings (SSSR count). The van der Waals surface area contributed by atoms with Crippen LogP contribution in [0.5, 0.6) is 5.75 Å². The molecule has 1 saturated carbocycles. The van der Waals surface area contributed by atoms with E-state index in [1.807, 2.05) is 30.3 Å². The Hall–Kier alpha value is -1.57. The number of hydrogen-bond acceptors (Lipinski definition) is 4. The van der Waals surface area contributed by atoms with Gasteiger partial charge in [-0.3, -0.25) is 0 Å². The molecule has 2 N–H and O–H groups in total. The van der Waals surface area contributed by atoms with Gasteiger partial charge in [-0.15, -0.1) is 0 Å². The van der Waals surface area contributed by atoms with Crippen molar-refractivity contribution >= 4 is 0 Å². The van der Waals surface area contributed by atoms with Crippen molar-refractivity contribution in [2.75, 3.05) is 13.2 Å². The maximum absolute atomic E-state index is 9.94. The molecule has 1 aliphatic carbocycles. The molecule has 0 aliphatic heterocycles. The number of nitrogens with one attached hydrogen (secondary N) is 1. The standard InChI is InChI=1S/C14H18N2O2/c15-7-8-18-13-4-1-3-12(9-13)10-16-11-14(17)5-2-6-14/h1,3-4,9,16-17H,2,5-6,8,10-11H2. The van der Waals surface area contributed by atoms with Crippen molar-refractivity contribution in [2.24, 2.45) is 0 Å². The zero-order valence-electron chi connectivity index (χ0n) is 10.4. The van der Waals surface area contributed by atoms with E-state index in [0.29, 0.717) is 18.8 Å². The Bertz CT molecular complexity index is 436. The number of benzene rings is 1. The van der Waals surface area contributed by atoms with Crippen LogP contribution in [0, 0.1) is 11.3 Å². The Morgan fingerprint density at radius 1 is 1.44 bits per heavy atom. The molecule has 0 heterocycles. The number of nitriles is 1. The lowest BCUT2D eigenvalue weighted by Gasteiger charge is -2.36. The van der Waals surface area contributed by atoms with Crippen LogP contribution in [0.2, 0.25) is 0 Å². The highest BCUT2D eigenvalue weighted by atomic mass is 16.5. The highest BCUT2D eigenvalue weighted by molar-refractivity contribution is 5.28. The highest BCUT2D eigenvalue weighted by Crippen LogP contribution is 2.30. The van der Waals surface area contributed by atoms with Gasteiger partial charge in [0.2, 0.25) is 0 Å².